The lowest BCUT2D eigenvalue weighted by Crippen LogP contribution is -2.24. The number of para-hydroxylation sites is 1. The van der Waals surface area contributed by atoms with Crippen molar-refractivity contribution < 1.29 is 19.7 Å². The van der Waals surface area contributed by atoms with Crippen LogP contribution in [0.1, 0.15) is 23.7 Å². The Bertz CT molecular complexity index is 379. The standard InChI is InChI=1S/C13H19NO4/c1-10(15)6-7-14-8-9-18-12-5-3-2-4-11(12)13(16)17/h2-5,10,14-15H,6-9H2,1H3,(H,16,17). The van der Waals surface area contributed by atoms with Crippen molar-refractivity contribution in [1.29, 1.82) is 0 Å². The zero-order valence-electron chi connectivity index (χ0n) is 10.4. The number of carbonyl (C=O) groups is 1. The van der Waals surface area contributed by atoms with Gasteiger partial charge in [-0.25, -0.2) is 4.79 Å². The number of ether oxygens (including phenoxy) is 1. The highest BCUT2D eigenvalue weighted by atomic mass is 16.5. The normalized spacial score (nSPS) is 12.1. The second-order valence-corrected chi connectivity index (χ2v) is 4.04. The molecule has 18 heavy (non-hydrogen) atoms. The van der Waals surface area contributed by atoms with Gasteiger partial charge in [0.05, 0.1) is 6.10 Å². The SMILES string of the molecule is CC(O)CCNCCOc1ccccc1C(=O)O. The van der Waals surface area contributed by atoms with Gasteiger partial charge in [-0.05, 0) is 32.0 Å². The van der Waals surface area contributed by atoms with Crippen LogP contribution in [0, 0.1) is 0 Å². The summed E-state index contributed by atoms with van der Waals surface area (Å²) in [6, 6.07) is 6.55. The van der Waals surface area contributed by atoms with Crippen molar-refractivity contribution in [2.24, 2.45) is 0 Å². The molecular formula is C13H19NO4. The van der Waals surface area contributed by atoms with Crippen LogP contribution in [0.3, 0.4) is 0 Å². The van der Waals surface area contributed by atoms with E-state index < -0.39 is 5.97 Å². The lowest BCUT2D eigenvalue weighted by atomic mass is 10.2. The van der Waals surface area contributed by atoms with E-state index in [1.54, 1.807) is 25.1 Å². The molecule has 0 spiro atoms. The van der Waals surface area contributed by atoms with E-state index in [0.717, 1.165) is 0 Å². The summed E-state index contributed by atoms with van der Waals surface area (Å²) in [6.45, 7) is 3.45. The third kappa shape index (κ3) is 5.16. The molecule has 3 N–H and O–H groups in total. The number of aromatic carboxylic acids is 1. The van der Waals surface area contributed by atoms with Gasteiger partial charge in [0, 0.05) is 6.54 Å². The zero-order chi connectivity index (χ0) is 13.4. The summed E-state index contributed by atoms with van der Waals surface area (Å²) in [7, 11) is 0. The monoisotopic (exact) mass is 253 g/mol. The van der Waals surface area contributed by atoms with Gasteiger partial charge in [0.15, 0.2) is 0 Å². The van der Waals surface area contributed by atoms with Gasteiger partial charge in [0.2, 0.25) is 0 Å². The molecule has 0 bridgehead atoms. The van der Waals surface area contributed by atoms with Crippen LogP contribution in [0.5, 0.6) is 5.75 Å². The first-order chi connectivity index (χ1) is 8.61. The molecule has 0 saturated carbocycles. The number of aliphatic hydroxyl groups excluding tert-OH is 1. The van der Waals surface area contributed by atoms with Crippen molar-refractivity contribution in [2.75, 3.05) is 19.7 Å². The molecule has 0 amide bonds. The molecule has 0 saturated heterocycles. The maximum atomic E-state index is 10.9. The van der Waals surface area contributed by atoms with E-state index in [0.29, 0.717) is 31.9 Å². The molecule has 0 heterocycles. The number of benzene rings is 1. The summed E-state index contributed by atoms with van der Waals surface area (Å²) in [5.41, 5.74) is 0.168. The molecule has 5 heteroatoms. The largest absolute Gasteiger partial charge is 0.491 e. The van der Waals surface area contributed by atoms with Crippen LogP contribution in [-0.2, 0) is 0 Å². The maximum Gasteiger partial charge on any atom is 0.339 e. The molecule has 0 fully saturated rings. The van der Waals surface area contributed by atoms with E-state index in [9.17, 15) is 4.79 Å². The first-order valence-electron chi connectivity index (χ1n) is 5.95. The van der Waals surface area contributed by atoms with Crippen LogP contribution < -0.4 is 10.1 Å². The van der Waals surface area contributed by atoms with Crippen molar-refractivity contribution in [1.82, 2.24) is 5.32 Å². The minimum Gasteiger partial charge on any atom is -0.491 e. The fourth-order valence-electron chi connectivity index (χ4n) is 1.44. The highest BCUT2D eigenvalue weighted by Crippen LogP contribution is 2.17. The third-order valence-electron chi connectivity index (χ3n) is 2.39. The predicted molar refractivity (Wildman–Crippen MR) is 68.1 cm³/mol. The van der Waals surface area contributed by atoms with Crippen molar-refractivity contribution in [2.45, 2.75) is 19.4 Å². The van der Waals surface area contributed by atoms with Gasteiger partial charge in [-0.1, -0.05) is 12.1 Å². The highest BCUT2D eigenvalue weighted by Gasteiger charge is 2.09. The molecule has 1 rings (SSSR count). The third-order valence-corrected chi connectivity index (χ3v) is 2.39. The average Bonchev–Trinajstić information content (AvgIpc) is 2.33. The number of hydrogen-bond donors (Lipinski definition) is 3. The van der Waals surface area contributed by atoms with Crippen LogP contribution in [0.15, 0.2) is 24.3 Å². The van der Waals surface area contributed by atoms with Gasteiger partial charge in [0.1, 0.15) is 17.9 Å². The topological polar surface area (TPSA) is 78.8 Å². The number of hydrogen-bond acceptors (Lipinski definition) is 4. The van der Waals surface area contributed by atoms with Crippen molar-refractivity contribution in [3.05, 3.63) is 29.8 Å². The fourth-order valence-corrected chi connectivity index (χ4v) is 1.44. The first-order valence-corrected chi connectivity index (χ1v) is 5.95. The van der Waals surface area contributed by atoms with Crippen molar-refractivity contribution in [3.63, 3.8) is 0 Å². The molecule has 1 atom stereocenters. The van der Waals surface area contributed by atoms with E-state index in [1.807, 2.05) is 0 Å². The minimum absolute atomic E-state index is 0.168. The summed E-state index contributed by atoms with van der Waals surface area (Å²) < 4.78 is 5.40. The molecule has 0 aliphatic carbocycles. The van der Waals surface area contributed by atoms with E-state index >= 15 is 0 Å². The molecule has 100 valence electrons. The van der Waals surface area contributed by atoms with Gasteiger partial charge in [0.25, 0.3) is 0 Å². The zero-order valence-corrected chi connectivity index (χ0v) is 10.4. The van der Waals surface area contributed by atoms with Gasteiger partial charge < -0.3 is 20.3 Å². The van der Waals surface area contributed by atoms with Gasteiger partial charge in [-0.2, -0.15) is 0 Å². The smallest absolute Gasteiger partial charge is 0.339 e. The Morgan fingerprint density at radius 1 is 1.39 bits per heavy atom. The summed E-state index contributed by atoms with van der Waals surface area (Å²) in [5.74, 6) is -0.616. The molecule has 0 aliphatic heterocycles. The molecule has 5 nitrogen and oxygen atoms in total. The predicted octanol–water partition coefficient (Wildman–Crippen LogP) is 1.12. The van der Waals surface area contributed by atoms with E-state index in [4.69, 9.17) is 14.9 Å². The molecule has 0 aromatic heterocycles. The van der Waals surface area contributed by atoms with E-state index in [2.05, 4.69) is 5.32 Å². The first kappa shape index (κ1) is 14.5. The molecule has 0 aliphatic rings. The van der Waals surface area contributed by atoms with Crippen molar-refractivity contribution >= 4 is 5.97 Å². The highest BCUT2D eigenvalue weighted by molar-refractivity contribution is 5.90. The summed E-state index contributed by atoms with van der Waals surface area (Å²) in [6.07, 6.45) is 0.372. The Morgan fingerprint density at radius 3 is 2.78 bits per heavy atom. The number of aliphatic hydroxyl groups is 1. The number of carboxylic acid groups (broad SMARTS) is 1. The van der Waals surface area contributed by atoms with Crippen LogP contribution >= 0.6 is 0 Å². The Hall–Kier alpha value is -1.59. The lowest BCUT2D eigenvalue weighted by Gasteiger charge is -2.10. The Kier molecular flexibility index (Phi) is 6.18. The number of carboxylic acids is 1. The molecular weight excluding hydrogens is 234 g/mol. The Labute approximate surface area is 106 Å². The molecule has 1 aromatic carbocycles. The maximum absolute atomic E-state index is 10.9. The van der Waals surface area contributed by atoms with Crippen LogP contribution in [-0.4, -0.2) is 42.0 Å². The van der Waals surface area contributed by atoms with Crippen molar-refractivity contribution in [3.8, 4) is 5.75 Å². The van der Waals surface area contributed by atoms with Gasteiger partial charge >= 0.3 is 5.97 Å². The minimum atomic E-state index is -0.993. The van der Waals surface area contributed by atoms with E-state index in [1.165, 1.54) is 6.07 Å². The average molecular weight is 253 g/mol. The van der Waals surface area contributed by atoms with Crippen LogP contribution in [0.2, 0.25) is 0 Å². The lowest BCUT2D eigenvalue weighted by molar-refractivity contribution is 0.0692. The second kappa shape index (κ2) is 7.68. The summed E-state index contributed by atoms with van der Waals surface area (Å²) in [5, 5.41) is 21.1. The number of rotatable bonds is 8. The second-order valence-electron chi connectivity index (χ2n) is 4.04. The quantitative estimate of drug-likeness (QED) is 0.605. The Morgan fingerprint density at radius 2 is 2.11 bits per heavy atom. The molecule has 0 radical (unpaired) electrons. The van der Waals surface area contributed by atoms with Crippen LogP contribution in [0.4, 0.5) is 0 Å². The van der Waals surface area contributed by atoms with Gasteiger partial charge in [-0.3, -0.25) is 0 Å². The summed E-state index contributed by atoms with van der Waals surface area (Å²) in [4.78, 5) is 10.9. The van der Waals surface area contributed by atoms with Crippen LogP contribution in [0.25, 0.3) is 0 Å². The van der Waals surface area contributed by atoms with Gasteiger partial charge in [-0.15, -0.1) is 0 Å². The van der Waals surface area contributed by atoms with E-state index in [-0.39, 0.29) is 11.7 Å². The fraction of sp³-hybridized carbons (Fsp3) is 0.462. The molecule has 1 aromatic rings. The molecule has 1 unspecified atom stereocenters. The summed E-state index contributed by atoms with van der Waals surface area (Å²) >= 11 is 0. The number of nitrogens with one attached hydrogen (secondary N) is 1. The Balaban J connectivity index is 2.29.